The summed E-state index contributed by atoms with van der Waals surface area (Å²) >= 11 is 0. The van der Waals surface area contributed by atoms with E-state index in [-0.39, 0.29) is 28.3 Å². The molecule has 10 rings (SSSR count). The van der Waals surface area contributed by atoms with Gasteiger partial charge in [0, 0.05) is 55.1 Å². The minimum atomic E-state index is -4.19. The molecule has 0 spiro atoms. The Morgan fingerprint density at radius 1 is 0.500 bits per heavy atom. The van der Waals surface area contributed by atoms with Gasteiger partial charge in [0.15, 0.2) is 0 Å². The molecule has 4 amide bonds. The van der Waals surface area contributed by atoms with Gasteiger partial charge in [0.05, 0.1) is 52.3 Å². The predicted octanol–water partition coefficient (Wildman–Crippen LogP) is 9.67. The first kappa shape index (κ1) is 55.3. The predicted molar refractivity (Wildman–Crippen MR) is 308 cm³/mol. The zero-order valence-corrected chi connectivity index (χ0v) is 45.5. The van der Waals surface area contributed by atoms with Crippen molar-refractivity contribution in [1.29, 1.82) is 0 Å². The summed E-state index contributed by atoms with van der Waals surface area (Å²) in [4.78, 5) is 56.5. The topological polar surface area (TPSA) is 294 Å². The Kier molecular flexibility index (Phi) is 14.6. The van der Waals surface area contributed by atoms with Crippen LogP contribution in [0.5, 0.6) is 0 Å². The van der Waals surface area contributed by atoms with E-state index in [1.807, 2.05) is 26.0 Å². The Morgan fingerprint density at radius 3 is 1.31 bits per heavy atom. The molecule has 0 bridgehead atoms. The molecule has 0 aliphatic rings. The molecule has 23 heteroatoms. The molecule has 2 aromatic heterocycles. The molecule has 8 aromatic carbocycles. The number of benzene rings is 8. The number of rotatable bonds is 13. The third-order valence-corrected chi connectivity index (χ3v) is 17.0. The SMILES string of the molecule is Cc1c(NC(=O)c2ccc(F)cc2)cccc1-c1ccc(C(N)=O)c2[nH]c3cc(N(S(C)(=O)=O)S(C)(=O)=O)ccc3c12.Cc1c(NC(=O)c2ccc(F)cc2)cccc1-c1ccc(C(N)=O)c2[nH]c3cc(NS(C)(=O)=O)ccc3c12. The standard InChI is InChI=1S/C29H25FN4O6S2.C28H23FN4O4S/c1-16-20(5-4-6-24(16)33-29(36)17-7-9-18(30)10-8-17)21-13-14-23(28(31)35)27-26(21)22-12-11-19(15-25(22)32-27)34(41(2,37)38)42(3,39)40;1-15-19(4-3-5-23(15)32-28(35)16-6-8-17(29)9-7-16)20-12-13-22(27(30)34)26-25(20)21-11-10-18(14-24(21)31-26)33-38(2,36)37/h4-15,32H,1-3H3,(H2,31,35)(H,33,36);3-14,31,33H,1-2H3,(H2,30,34)(H,32,35). The maximum absolute atomic E-state index is 13.3. The quantitative estimate of drug-likeness (QED) is 0.0573. The number of hydrogen-bond acceptors (Lipinski definition) is 10. The summed E-state index contributed by atoms with van der Waals surface area (Å²) in [6, 6.07) is 37.3. The maximum Gasteiger partial charge on any atom is 0.255 e. The molecule has 0 atom stereocenters. The highest BCUT2D eigenvalue weighted by molar-refractivity contribution is 8.09. The van der Waals surface area contributed by atoms with E-state index in [0.717, 1.165) is 46.2 Å². The number of H-pyrrole nitrogens is 2. The van der Waals surface area contributed by atoms with Gasteiger partial charge in [0.1, 0.15) is 11.6 Å². The van der Waals surface area contributed by atoms with Crippen molar-refractivity contribution in [2.45, 2.75) is 13.8 Å². The molecule has 0 fully saturated rings. The first-order valence-corrected chi connectivity index (χ1v) is 29.6. The second-order valence-electron chi connectivity index (χ2n) is 18.8. The van der Waals surface area contributed by atoms with E-state index in [0.29, 0.717) is 75.9 Å². The summed E-state index contributed by atoms with van der Waals surface area (Å²) in [7, 11) is -11.9. The van der Waals surface area contributed by atoms with Gasteiger partial charge < -0.3 is 32.1 Å². The van der Waals surface area contributed by atoms with Crippen LogP contribution in [0.25, 0.3) is 65.9 Å². The molecule has 0 unspecified atom stereocenters. The highest BCUT2D eigenvalue weighted by Crippen LogP contribution is 2.42. The highest BCUT2D eigenvalue weighted by atomic mass is 32.3. The molecule has 0 radical (unpaired) electrons. The van der Waals surface area contributed by atoms with Crippen LogP contribution in [0.4, 0.5) is 31.5 Å². The van der Waals surface area contributed by atoms with Gasteiger partial charge in [0.2, 0.25) is 30.1 Å². The van der Waals surface area contributed by atoms with Crippen molar-refractivity contribution in [3.05, 3.63) is 191 Å². The van der Waals surface area contributed by atoms with E-state index in [1.165, 1.54) is 60.7 Å². The monoisotopic (exact) mass is 1140 g/mol. The lowest BCUT2D eigenvalue weighted by Crippen LogP contribution is -2.35. The molecule has 9 N–H and O–H groups in total. The van der Waals surface area contributed by atoms with Gasteiger partial charge in [-0.15, -0.1) is 0 Å². The van der Waals surface area contributed by atoms with Crippen molar-refractivity contribution in [3.8, 4) is 22.3 Å². The van der Waals surface area contributed by atoms with Crippen molar-refractivity contribution in [1.82, 2.24) is 9.97 Å². The minimum Gasteiger partial charge on any atom is -0.366 e. The molecule has 408 valence electrons. The number of sulfonamides is 3. The van der Waals surface area contributed by atoms with Crippen LogP contribution < -0.4 is 30.5 Å². The van der Waals surface area contributed by atoms with E-state index in [9.17, 15) is 53.2 Å². The van der Waals surface area contributed by atoms with Crippen molar-refractivity contribution in [2.75, 3.05) is 37.8 Å². The highest BCUT2D eigenvalue weighted by Gasteiger charge is 2.29. The number of nitrogens with two attached hydrogens (primary N) is 2. The van der Waals surface area contributed by atoms with Crippen LogP contribution in [0, 0.1) is 25.5 Å². The van der Waals surface area contributed by atoms with Gasteiger partial charge in [-0.3, -0.25) is 23.9 Å². The van der Waals surface area contributed by atoms with E-state index in [4.69, 9.17) is 11.5 Å². The van der Waals surface area contributed by atoms with Gasteiger partial charge in [-0.2, -0.15) is 3.71 Å². The number of aromatic nitrogens is 2. The normalized spacial score (nSPS) is 11.8. The van der Waals surface area contributed by atoms with Crippen LogP contribution in [0.2, 0.25) is 0 Å². The summed E-state index contributed by atoms with van der Waals surface area (Å²) in [5.41, 5.74) is 20.0. The first-order chi connectivity index (χ1) is 37.7. The number of anilines is 4. The summed E-state index contributed by atoms with van der Waals surface area (Å²) in [6.07, 6.45) is 2.64. The Bertz CT molecular complexity index is 4550. The van der Waals surface area contributed by atoms with Crippen LogP contribution in [-0.2, 0) is 30.1 Å². The number of carbonyl (C=O) groups excluding carboxylic acids is 4. The molecule has 0 aliphatic carbocycles. The van der Waals surface area contributed by atoms with Crippen LogP contribution in [-0.4, -0.2) is 77.6 Å². The molecule has 0 saturated heterocycles. The molecule has 0 saturated carbocycles. The number of nitrogens with zero attached hydrogens (tertiary/aromatic N) is 1. The molecule has 80 heavy (non-hydrogen) atoms. The third kappa shape index (κ3) is 11.1. The Hall–Kier alpha value is -9.45. The molecule has 2 heterocycles. The summed E-state index contributed by atoms with van der Waals surface area (Å²) in [5.74, 6) is -3.01. The number of nitrogens with one attached hydrogen (secondary N) is 5. The number of halogens is 2. The van der Waals surface area contributed by atoms with Crippen LogP contribution in [0.1, 0.15) is 52.6 Å². The third-order valence-electron chi connectivity index (χ3n) is 13.1. The molecule has 0 aliphatic heterocycles. The number of hydrogen-bond donors (Lipinski definition) is 7. The summed E-state index contributed by atoms with van der Waals surface area (Å²) in [5, 5.41) is 8.39. The first-order valence-electron chi connectivity index (χ1n) is 24.0. The Morgan fingerprint density at radius 2 is 0.912 bits per heavy atom. The lowest BCUT2D eigenvalue weighted by Gasteiger charge is -2.19. The Balaban J connectivity index is 0.000000195. The van der Waals surface area contributed by atoms with E-state index in [2.05, 4.69) is 25.3 Å². The molecular formula is C57H48F2N8O10S3. The Labute approximate surface area is 457 Å². The minimum absolute atomic E-state index is 0.108. The molecule has 10 aromatic rings. The van der Waals surface area contributed by atoms with Crippen molar-refractivity contribution in [2.24, 2.45) is 11.5 Å². The zero-order valence-electron chi connectivity index (χ0n) is 43.0. The van der Waals surface area contributed by atoms with E-state index >= 15 is 0 Å². The van der Waals surface area contributed by atoms with Crippen molar-refractivity contribution >= 4 is 120 Å². The van der Waals surface area contributed by atoms with Crippen molar-refractivity contribution < 1.29 is 53.2 Å². The van der Waals surface area contributed by atoms with E-state index < -0.39 is 59.4 Å². The van der Waals surface area contributed by atoms with Gasteiger partial charge in [-0.1, -0.05) is 48.5 Å². The fourth-order valence-electron chi connectivity index (χ4n) is 9.61. The van der Waals surface area contributed by atoms with Gasteiger partial charge in [-0.25, -0.2) is 34.0 Å². The molecular weight excluding hydrogens is 1090 g/mol. The maximum atomic E-state index is 13.3. The lowest BCUT2D eigenvalue weighted by atomic mass is 9.93. The van der Waals surface area contributed by atoms with E-state index in [1.54, 1.807) is 72.8 Å². The average Bonchev–Trinajstić information content (AvgIpc) is 4.20. The second-order valence-corrected chi connectivity index (χ2v) is 24.4. The average molecular weight is 1140 g/mol. The number of amides is 4. The second kappa shape index (κ2) is 21.1. The van der Waals surface area contributed by atoms with Gasteiger partial charge in [0.25, 0.3) is 23.6 Å². The lowest BCUT2D eigenvalue weighted by molar-refractivity contribution is 0.0993. The smallest absolute Gasteiger partial charge is 0.255 e. The number of aromatic amines is 2. The van der Waals surface area contributed by atoms with Crippen LogP contribution >= 0.6 is 0 Å². The number of fused-ring (bicyclic) bond motifs is 6. The zero-order chi connectivity index (χ0) is 57.7. The number of primary amides is 2. The van der Waals surface area contributed by atoms with Crippen LogP contribution in [0.3, 0.4) is 0 Å². The van der Waals surface area contributed by atoms with Gasteiger partial charge >= 0.3 is 0 Å². The van der Waals surface area contributed by atoms with Gasteiger partial charge in [-0.05, 0) is 144 Å². The fourth-order valence-corrected chi connectivity index (χ4v) is 13.1. The summed E-state index contributed by atoms with van der Waals surface area (Å²) in [6.45, 7) is 3.68. The fraction of sp³-hybridized carbons (Fsp3) is 0.0877. The van der Waals surface area contributed by atoms with Crippen LogP contribution in [0.15, 0.2) is 146 Å². The molecule has 18 nitrogen and oxygen atoms in total. The summed E-state index contributed by atoms with van der Waals surface area (Å²) < 4.78 is 102. The largest absolute Gasteiger partial charge is 0.366 e. The van der Waals surface area contributed by atoms with Crippen molar-refractivity contribution in [3.63, 3.8) is 0 Å². The number of carbonyl (C=O) groups is 4.